The normalized spacial score (nSPS) is 28.3. The van der Waals surface area contributed by atoms with Crippen LogP contribution in [-0.2, 0) is 34.0 Å². The fraction of sp³-hybridized carbons (Fsp3) is 0.553. The highest BCUT2D eigenvalue weighted by Crippen LogP contribution is 2.47. The van der Waals surface area contributed by atoms with Crippen molar-refractivity contribution in [3.63, 3.8) is 0 Å². The minimum Gasteiger partial charge on any atom is -0.494 e. The number of cyclic esters (lactones) is 1. The van der Waals surface area contributed by atoms with Gasteiger partial charge in [0, 0.05) is 17.5 Å². The fourth-order valence-corrected chi connectivity index (χ4v) is 8.90. The summed E-state index contributed by atoms with van der Waals surface area (Å²) < 4.78 is 39.1. The number of amides is 4. The van der Waals surface area contributed by atoms with Crippen molar-refractivity contribution >= 4 is 39.5 Å². The minimum atomic E-state index is -3.86. The third-order valence-corrected chi connectivity index (χ3v) is 12.6. The zero-order chi connectivity index (χ0) is 37.7. The van der Waals surface area contributed by atoms with Gasteiger partial charge in [-0.2, -0.15) is 0 Å². The molecule has 2 heterocycles. The van der Waals surface area contributed by atoms with E-state index in [9.17, 15) is 27.6 Å². The van der Waals surface area contributed by atoms with Crippen LogP contribution in [0.2, 0.25) is 0 Å². The predicted molar refractivity (Wildman–Crippen MR) is 194 cm³/mol. The molecule has 2 aromatic rings. The van der Waals surface area contributed by atoms with Crippen molar-refractivity contribution in [2.45, 2.75) is 102 Å². The SMILES string of the molecule is CC[C@@H]1CC1(NC(=O)C1CC2CN1C(=O)[C@H](C(C)(C)C)NC(=O)OCCCCOc1ccc3c(c1)/C(=N/O2)c1ccccc1-3)C(=O)NS(=O)(=O)C1CC1. The van der Waals surface area contributed by atoms with Crippen molar-refractivity contribution in [3.8, 4) is 16.9 Å². The van der Waals surface area contributed by atoms with Gasteiger partial charge in [0.2, 0.25) is 21.8 Å². The number of sulfonamides is 1. The summed E-state index contributed by atoms with van der Waals surface area (Å²) >= 11 is 0. The highest BCUT2D eigenvalue weighted by molar-refractivity contribution is 7.91. The molecule has 5 aliphatic rings. The van der Waals surface area contributed by atoms with Gasteiger partial charge in [-0.15, -0.1) is 0 Å². The zero-order valence-electron chi connectivity index (χ0n) is 30.5. The largest absolute Gasteiger partial charge is 0.494 e. The van der Waals surface area contributed by atoms with Crippen LogP contribution >= 0.6 is 0 Å². The second kappa shape index (κ2) is 14.0. The van der Waals surface area contributed by atoms with Crippen molar-refractivity contribution in [1.82, 2.24) is 20.3 Å². The average Bonchev–Trinajstić information content (AvgIpc) is 4.03. The van der Waals surface area contributed by atoms with Crippen molar-refractivity contribution in [1.29, 1.82) is 0 Å². The monoisotopic (exact) mass is 749 g/mol. The molecule has 3 aliphatic carbocycles. The number of nitrogens with zero attached hydrogens (tertiary/aromatic N) is 2. The number of hydrogen-bond acceptors (Lipinski definition) is 10. The van der Waals surface area contributed by atoms with Gasteiger partial charge in [0.05, 0.1) is 25.0 Å². The first-order valence-electron chi connectivity index (χ1n) is 18.4. The molecule has 0 radical (unpaired) electrons. The molecule has 14 nitrogen and oxygen atoms in total. The van der Waals surface area contributed by atoms with E-state index in [4.69, 9.17) is 14.3 Å². The summed E-state index contributed by atoms with van der Waals surface area (Å²) in [7, 11) is -3.86. The highest BCUT2D eigenvalue weighted by Gasteiger charge is 2.62. The van der Waals surface area contributed by atoms with Gasteiger partial charge in [0.25, 0.3) is 5.91 Å². The molecule has 1 saturated heterocycles. The summed E-state index contributed by atoms with van der Waals surface area (Å²) in [6.07, 6.45) is 1.42. The van der Waals surface area contributed by atoms with Crippen LogP contribution < -0.4 is 20.1 Å². The summed E-state index contributed by atoms with van der Waals surface area (Å²) in [6.45, 7) is 7.74. The van der Waals surface area contributed by atoms with Crippen LogP contribution in [0.15, 0.2) is 47.6 Å². The van der Waals surface area contributed by atoms with Crippen LogP contribution in [0.25, 0.3) is 11.1 Å². The summed E-state index contributed by atoms with van der Waals surface area (Å²) in [5.74, 6) is -1.56. The van der Waals surface area contributed by atoms with E-state index in [1.807, 2.05) is 49.4 Å². The Morgan fingerprint density at radius 2 is 1.70 bits per heavy atom. The number of oxime groups is 1. The summed E-state index contributed by atoms with van der Waals surface area (Å²) in [4.78, 5) is 62.8. The third-order valence-electron chi connectivity index (χ3n) is 10.8. The van der Waals surface area contributed by atoms with E-state index in [1.165, 1.54) is 4.90 Å². The molecule has 284 valence electrons. The van der Waals surface area contributed by atoms with E-state index >= 15 is 0 Å². The molecule has 3 N–H and O–H groups in total. The van der Waals surface area contributed by atoms with E-state index in [-0.39, 0.29) is 31.9 Å². The summed E-state index contributed by atoms with van der Waals surface area (Å²) in [6, 6.07) is 11.4. The van der Waals surface area contributed by atoms with Gasteiger partial charge in [0.1, 0.15) is 35.2 Å². The van der Waals surface area contributed by atoms with Gasteiger partial charge < -0.3 is 29.8 Å². The first-order chi connectivity index (χ1) is 25.2. The summed E-state index contributed by atoms with van der Waals surface area (Å²) in [5.41, 5.74) is 2.01. The Bertz CT molecular complexity index is 1960. The van der Waals surface area contributed by atoms with Crippen LogP contribution in [0.3, 0.4) is 0 Å². The van der Waals surface area contributed by atoms with Crippen molar-refractivity contribution < 1.29 is 41.9 Å². The first kappa shape index (κ1) is 36.7. The summed E-state index contributed by atoms with van der Waals surface area (Å²) in [5, 5.41) is 9.61. The van der Waals surface area contributed by atoms with Gasteiger partial charge in [0.15, 0.2) is 0 Å². The third kappa shape index (κ3) is 7.32. The Kier molecular flexibility index (Phi) is 9.66. The molecule has 4 bridgehead atoms. The van der Waals surface area contributed by atoms with E-state index in [0.29, 0.717) is 50.2 Å². The molecule has 0 spiro atoms. The zero-order valence-corrected chi connectivity index (χ0v) is 31.3. The molecular formula is C38H47N5O9S. The minimum absolute atomic E-state index is 0.0299. The van der Waals surface area contributed by atoms with E-state index in [0.717, 1.165) is 22.3 Å². The molecule has 0 aromatic heterocycles. The van der Waals surface area contributed by atoms with Gasteiger partial charge in [-0.3, -0.25) is 19.1 Å². The molecule has 5 atom stereocenters. The average molecular weight is 750 g/mol. The van der Waals surface area contributed by atoms with E-state index < -0.39 is 68.2 Å². The van der Waals surface area contributed by atoms with Gasteiger partial charge in [-0.05, 0) is 72.8 Å². The molecule has 2 aliphatic heterocycles. The maximum absolute atomic E-state index is 14.5. The predicted octanol–water partition coefficient (Wildman–Crippen LogP) is 3.61. The lowest BCUT2D eigenvalue weighted by Gasteiger charge is -2.35. The maximum atomic E-state index is 14.5. The molecular weight excluding hydrogens is 703 g/mol. The second-order valence-corrected chi connectivity index (χ2v) is 17.7. The van der Waals surface area contributed by atoms with Crippen molar-refractivity contribution in [2.75, 3.05) is 19.8 Å². The number of alkyl carbamates (subject to hydrolysis) is 1. The molecule has 3 unspecified atom stereocenters. The molecule has 2 aromatic carbocycles. The van der Waals surface area contributed by atoms with Crippen LogP contribution in [0.4, 0.5) is 4.79 Å². The number of rotatable bonds is 6. The highest BCUT2D eigenvalue weighted by atomic mass is 32.2. The fourth-order valence-electron chi connectivity index (χ4n) is 7.53. The molecule has 4 amide bonds. The Morgan fingerprint density at radius 3 is 2.38 bits per heavy atom. The molecule has 15 heteroatoms. The Morgan fingerprint density at radius 1 is 1.00 bits per heavy atom. The number of benzene rings is 2. The van der Waals surface area contributed by atoms with Gasteiger partial charge in [-0.25, -0.2) is 13.2 Å². The maximum Gasteiger partial charge on any atom is 0.407 e. The topological polar surface area (TPSA) is 182 Å². The Balaban J connectivity index is 1.21. The lowest BCUT2D eigenvalue weighted by Crippen LogP contribution is -2.60. The number of hydrogen-bond donors (Lipinski definition) is 3. The standard InChI is InChI=1S/C38H47N5O9S/c1-5-22-20-38(22,35(46)42-53(48,49)25-13-14-25)40-33(44)30-19-24-21-43(30)34(45)32(37(2,3)4)39-36(47)51-17-9-8-16-50-23-12-15-27-26-10-6-7-11-28(26)31(41-52-24)29(27)18-23/h6-7,10-12,15,18,22,24-25,30,32H,5,8-9,13-14,16-17,19-21H2,1-4H3,(H,39,47)(H,40,44)(H,42,46)/b41-31+/t22-,24?,30?,32-,38?/m1/s1. The van der Waals surface area contributed by atoms with Crippen LogP contribution in [0.1, 0.15) is 83.8 Å². The van der Waals surface area contributed by atoms with Crippen molar-refractivity contribution in [3.05, 3.63) is 53.6 Å². The number of carbonyl (C=O) groups is 4. The smallest absolute Gasteiger partial charge is 0.407 e. The molecule has 2 saturated carbocycles. The number of fused-ring (bicyclic) bond motifs is 6. The molecule has 7 rings (SSSR count). The quantitative estimate of drug-likeness (QED) is 0.339. The molecule has 53 heavy (non-hydrogen) atoms. The van der Waals surface area contributed by atoms with Crippen LogP contribution in [0.5, 0.6) is 5.75 Å². The number of carbonyl (C=O) groups excluding carboxylic acids is 4. The van der Waals surface area contributed by atoms with E-state index in [1.54, 1.807) is 20.8 Å². The molecule has 3 fully saturated rings. The lowest BCUT2D eigenvalue weighted by molar-refractivity contribution is -0.143. The Hall–Kier alpha value is -4.66. The second-order valence-electron chi connectivity index (χ2n) is 15.7. The van der Waals surface area contributed by atoms with Crippen LogP contribution in [0, 0.1) is 11.3 Å². The van der Waals surface area contributed by atoms with Crippen molar-refractivity contribution in [2.24, 2.45) is 16.5 Å². The van der Waals surface area contributed by atoms with Gasteiger partial charge >= 0.3 is 6.09 Å². The number of nitrogens with one attached hydrogen (secondary N) is 3. The van der Waals surface area contributed by atoms with Gasteiger partial charge in [-0.1, -0.05) is 63.5 Å². The lowest BCUT2D eigenvalue weighted by atomic mass is 9.85. The van der Waals surface area contributed by atoms with Crippen LogP contribution in [-0.4, -0.2) is 91.6 Å². The Labute approximate surface area is 309 Å². The number of ether oxygens (including phenoxy) is 2. The first-order valence-corrected chi connectivity index (χ1v) is 20.0. The van der Waals surface area contributed by atoms with E-state index in [2.05, 4.69) is 20.5 Å².